The van der Waals surface area contributed by atoms with Gasteiger partial charge in [-0.25, -0.2) is 0 Å². The maximum absolute atomic E-state index is 12.5. The number of amides is 2. The molecule has 3 aromatic rings. The lowest BCUT2D eigenvalue weighted by Crippen LogP contribution is -2.35. The third-order valence-electron chi connectivity index (χ3n) is 5.07. The van der Waals surface area contributed by atoms with Gasteiger partial charge in [-0.1, -0.05) is 35.4 Å². The summed E-state index contributed by atoms with van der Waals surface area (Å²) < 4.78 is 5.66. The number of aromatic nitrogens is 2. The van der Waals surface area contributed by atoms with E-state index >= 15 is 0 Å². The zero-order valence-corrected chi connectivity index (χ0v) is 18.7. The summed E-state index contributed by atoms with van der Waals surface area (Å²) in [5.41, 5.74) is 5.93. The summed E-state index contributed by atoms with van der Waals surface area (Å²) in [6, 6.07) is 11.8. The van der Waals surface area contributed by atoms with Crippen molar-refractivity contribution in [1.29, 1.82) is 0 Å². The first-order valence-electron chi connectivity index (χ1n) is 10.2. The molecule has 1 N–H and O–H groups in total. The normalized spacial score (nSPS) is 10.7. The molecule has 0 bridgehead atoms. The second-order valence-corrected chi connectivity index (χ2v) is 7.94. The molecule has 0 saturated heterocycles. The molecule has 1 aromatic heterocycles. The van der Waals surface area contributed by atoms with Crippen molar-refractivity contribution >= 4 is 17.5 Å². The minimum absolute atomic E-state index is 0.0238. The van der Waals surface area contributed by atoms with Crippen molar-refractivity contribution < 1.29 is 14.0 Å². The highest BCUT2D eigenvalue weighted by Gasteiger charge is 2.16. The van der Waals surface area contributed by atoms with Crippen LogP contribution < -0.4 is 5.32 Å². The fourth-order valence-electron chi connectivity index (χ4n) is 3.43. The summed E-state index contributed by atoms with van der Waals surface area (Å²) in [5.74, 6) is 0.430. The summed E-state index contributed by atoms with van der Waals surface area (Å²) in [6.45, 7) is 7.92. The fraction of sp³-hybridized carbons (Fsp3) is 0.333. The van der Waals surface area contributed by atoms with E-state index in [1.165, 1.54) is 4.90 Å². The molecular formula is C24H28N4O3. The molecule has 7 heteroatoms. The van der Waals surface area contributed by atoms with Crippen molar-refractivity contribution in [3.63, 3.8) is 0 Å². The molecule has 0 saturated carbocycles. The Hall–Kier alpha value is -3.48. The average Bonchev–Trinajstić information content (AvgIpc) is 3.18. The number of anilines is 1. The number of hydrogen-bond acceptors (Lipinski definition) is 5. The predicted octanol–water partition coefficient (Wildman–Crippen LogP) is 4.00. The van der Waals surface area contributed by atoms with Gasteiger partial charge in [-0.05, 0) is 51.0 Å². The highest BCUT2D eigenvalue weighted by Crippen LogP contribution is 2.22. The second-order valence-electron chi connectivity index (χ2n) is 7.94. The van der Waals surface area contributed by atoms with Crippen LogP contribution in [-0.2, 0) is 16.0 Å². The van der Waals surface area contributed by atoms with Crippen molar-refractivity contribution in [3.8, 4) is 11.5 Å². The number of nitrogens with zero attached hydrogens (tertiary/aromatic N) is 3. The molecule has 0 fully saturated rings. The van der Waals surface area contributed by atoms with Crippen LogP contribution in [0.2, 0.25) is 0 Å². The fourth-order valence-corrected chi connectivity index (χ4v) is 3.43. The molecule has 7 nitrogen and oxygen atoms in total. The summed E-state index contributed by atoms with van der Waals surface area (Å²) in [6.07, 6.45) is 0.502. The smallest absolute Gasteiger partial charge is 0.247 e. The molecule has 0 unspecified atom stereocenters. The van der Waals surface area contributed by atoms with Gasteiger partial charge in [-0.2, -0.15) is 0 Å². The first-order valence-corrected chi connectivity index (χ1v) is 10.2. The van der Waals surface area contributed by atoms with E-state index in [0.717, 1.165) is 33.5 Å². The molecule has 2 amide bonds. The Balaban J connectivity index is 1.52. The zero-order chi connectivity index (χ0) is 22.5. The van der Waals surface area contributed by atoms with E-state index in [4.69, 9.17) is 4.42 Å². The third-order valence-corrected chi connectivity index (χ3v) is 5.07. The largest absolute Gasteiger partial charge is 0.421 e. The van der Waals surface area contributed by atoms with Crippen molar-refractivity contribution in [2.45, 2.75) is 40.5 Å². The number of aryl methyl sites for hydroxylation is 5. The van der Waals surface area contributed by atoms with E-state index in [2.05, 4.69) is 15.5 Å². The lowest BCUT2D eigenvalue weighted by atomic mass is 10.1. The van der Waals surface area contributed by atoms with E-state index in [1.807, 2.05) is 64.1 Å². The lowest BCUT2D eigenvalue weighted by Gasteiger charge is -2.18. The minimum atomic E-state index is -0.231. The Morgan fingerprint density at radius 3 is 2.26 bits per heavy atom. The van der Waals surface area contributed by atoms with Crippen LogP contribution in [0.4, 0.5) is 5.69 Å². The van der Waals surface area contributed by atoms with Crippen LogP contribution in [0.15, 0.2) is 40.8 Å². The Morgan fingerprint density at radius 2 is 1.61 bits per heavy atom. The predicted molar refractivity (Wildman–Crippen MR) is 120 cm³/mol. The van der Waals surface area contributed by atoms with Gasteiger partial charge in [0.15, 0.2) is 0 Å². The van der Waals surface area contributed by atoms with E-state index in [0.29, 0.717) is 18.2 Å². The highest BCUT2D eigenvalue weighted by molar-refractivity contribution is 5.95. The van der Waals surface area contributed by atoms with Crippen LogP contribution in [-0.4, -0.2) is 40.5 Å². The van der Waals surface area contributed by atoms with Crippen molar-refractivity contribution in [2.24, 2.45) is 0 Å². The number of likely N-dealkylation sites (N-methyl/N-ethyl adjacent to an activating group) is 1. The first kappa shape index (κ1) is 22.2. The van der Waals surface area contributed by atoms with Gasteiger partial charge < -0.3 is 14.6 Å². The van der Waals surface area contributed by atoms with Crippen LogP contribution in [0.3, 0.4) is 0 Å². The van der Waals surface area contributed by atoms with Crippen molar-refractivity contribution in [3.05, 3.63) is 64.5 Å². The molecule has 1 heterocycles. The minimum Gasteiger partial charge on any atom is -0.421 e. The molecule has 0 aliphatic carbocycles. The lowest BCUT2D eigenvalue weighted by molar-refractivity contribution is -0.133. The molecule has 0 atom stereocenters. The maximum atomic E-state index is 12.5. The first-order chi connectivity index (χ1) is 14.7. The average molecular weight is 421 g/mol. The monoisotopic (exact) mass is 420 g/mol. The molecule has 0 spiro atoms. The Kier molecular flexibility index (Phi) is 6.84. The Labute approximate surface area is 182 Å². The molecule has 2 aromatic carbocycles. The van der Waals surface area contributed by atoms with Crippen LogP contribution >= 0.6 is 0 Å². The molecule has 3 rings (SSSR count). The number of carbonyl (C=O) groups excluding carboxylic acids is 2. The van der Waals surface area contributed by atoms with Crippen LogP contribution in [0.5, 0.6) is 0 Å². The van der Waals surface area contributed by atoms with Gasteiger partial charge in [-0.3, -0.25) is 9.59 Å². The molecule has 31 heavy (non-hydrogen) atoms. The van der Waals surface area contributed by atoms with Gasteiger partial charge in [0.25, 0.3) is 0 Å². The molecule has 0 aliphatic heterocycles. The van der Waals surface area contributed by atoms with Crippen LogP contribution in [0, 0.1) is 27.7 Å². The number of hydrogen-bond donors (Lipinski definition) is 1. The highest BCUT2D eigenvalue weighted by atomic mass is 16.4. The van der Waals surface area contributed by atoms with E-state index in [-0.39, 0.29) is 24.8 Å². The summed E-state index contributed by atoms with van der Waals surface area (Å²) in [5, 5.41) is 11.0. The maximum Gasteiger partial charge on any atom is 0.247 e. The van der Waals surface area contributed by atoms with Gasteiger partial charge in [0.1, 0.15) is 0 Å². The SMILES string of the molecule is Cc1ccc(-c2nnc(CCC(=O)N(C)CC(=O)Nc3c(C)cc(C)cc3C)o2)cc1. The standard InChI is InChI=1S/C24H28N4O3/c1-15-6-8-19(9-7-15)24-27-26-21(31-24)10-11-22(30)28(5)14-20(29)25-23-17(3)12-16(2)13-18(23)4/h6-9,12-13H,10-11,14H2,1-5H3,(H,25,29). The van der Waals surface area contributed by atoms with Gasteiger partial charge in [0.05, 0.1) is 6.54 Å². The van der Waals surface area contributed by atoms with Gasteiger partial charge in [0, 0.05) is 31.1 Å². The van der Waals surface area contributed by atoms with Crippen molar-refractivity contribution in [2.75, 3.05) is 18.9 Å². The third kappa shape index (κ3) is 5.78. The zero-order valence-electron chi connectivity index (χ0n) is 18.7. The quantitative estimate of drug-likeness (QED) is 0.624. The molecule has 0 radical (unpaired) electrons. The van der Waals surface area contributed by atoms with Gasteiger partial charge in [0.2, 0.25) is 23.6 Å². The molecule has 162 valence electrons. The van der Waals surface area contributed by atoms with Gasteiger partial charge in [-0.15, -0.1) is 10.2 Å². The van der Waals surface area contributed by atoms with Crippen LogP contribution in [0.1, 0.15) is 34.6 Å². The topological polar surface area (TPSA) is 88.3 Å². The van der Waals surface area contributed by atoms with E-state index < -0.39 is 0 Å². The Morgan fingerprint density at radius 1 is 0.968 bits per heavy atom. The summed E-state index contributed by atoms with van der Waals surface area (Å²) in [4.78, 5) is 26.3. The van der Waals surface area contributed by atoms with Crippen LogP contribution in [0.25, 0.3) is 11.5 Å². The summed E-state index contributed by atoms with van der Waals surface area (Å²) >= 11 is 0. The number of rotatable bonds is 7. The second kappa shape index (κ2) is 9.55. The number of nitrogens with one attached hydrogen (secondary N) is 1. The Bertz CT molecular complexity index is 1060. The van der Waals surface area contributed by atoms with E-state index in [9.17, 15) is 9.59 Å². The number of carbonyl (C=O) groups is 2. The van der Waals surface area contributed by atoms with Crippen molar-refractivity contribution in [1.82, 2.24) is 15.1 Å². The van der Waals surface area contributed by atoms with E-state index in [1.54, 1.807) is 7.05 Å². The van der Waals surface area contributed by atoms with Gasteiger partial charge >= 0.3 is 0 Å². The summed E-state index contributed by atoms with van der Waals surface area (Å²) in [7, 11) is 1.61. The number of benzene rings is 2. The molecule has 0 aliphatic rings. The molecular weight excluding hydrogens is 392 g/mol.